The quantitative estimate of drug-likeness (QED) is 0.0464. The second kappa shape index (κ2) is 26.3. The first-order valence-corrected chi connectivity index (χ1v) is 15.2. The van der Waals surface area contributed by atoms with Gasteiger partial charge in [-0.2, -0.15) is 8.42 Å². The number of carbonyl (C=O) groups is 2. The van der Waals surface area contributed by atoms with Crippen molar-refractivity contribution in [3.05, 3.63) is 0 Å². The molecule has 0 saturated heterocycles. The molecule has 2 N–H and O–H groups in total. The van der Waals surface area contributed by atoms with Gasteiger partial charge in [-0.15, -0.1) is 0 Å². The summed E-state index contributed by atoms with van der Waals surface area (Å²) in [6.07, 6.45) is 24.0. The van der Waals surface area contributed by atoms with E-state index in [1.165, 1.54) is 89.9 Å². The molecule has 0 aliphatic carbocycles. The molecule has 33 heavy (non-hydrogen) atoms. The molecule has 7 nitrogen and oxygen atoms in total. The first-order valence-electron chi connectivity index (χ1n) is 12.7. The van der Waals surface area contributed by atoms with E-state index in [2.05, 4.69) is 18.2 Å². The summed E-state index contributed by atoms with van der Waals surface area (Å²) >= 11 is 0.189. The van der Waals surface area contributed by atoms with Crippen molar-refractivity contribution in [2.75, 3.05) is 0 Å². The summed E-state index contributed by atoms with van der Waals surface area (Å²) in [4.78, 5) is 23.8. The molecule has 0 aliphatic heterocycles. The van der Waals surface area contributed by atoms with E-state index in [0.717, 1.165) is 25.7 Å². The molecule has 0 saturated carbocycles. The van der Waals surface area contributed by atoms with Gasteiger partial charge in [0.1, 0.15) is 0 Å². The van der Waals surface area contributed by atoms with Crippen molar-refractivity contribution >= 4 is 19.8 Å². The fraction of sp³-hybridized carbons (Fsp3) is 0.917. The van der Waals surface area contributed by atoms with Crippen LogP contribution in [0.5, 0.6) is 0 Å². The fourth-order valence-electron chi connectivity index (χ4n) is 3.34. The first-order chi connectivity index (χ1) is 15.8. The van der Waals surface area contributed by atoms with Crippen LogP contribution in [0, 0.1) is 0 Å². The molecule has 0 atom stereocenters. The maximum atomic E-state index is 11.9. The van der Waals surface area contributed by atoms with E-state index >= 15 is 0 Å². The Morgan fingerprint density at radius 2 is 0.848 bits per heavy atom. The summed E-state index contributed by atoms with van der Waals surface area (Å²) in [5, 5.41) is 7.06. The van der Waals surface area contributed by atoms with Crippen LogP contribution in [0.1, 0.15) is 142 Å². The average molecular weight is 537 g/mol. The Labute approximate surface area is 208 Å². The minimum Gasteiger partial charge on any atom is -0.262 e. The normalized spacial score (nSPS) is 11.3. The van der Waals surface area contributed by atoms with Crippen LogP contribution in [0.3, 0.4) is 0 Å². The molecule has 0 amide bonds. The molecule has 0 heterocycles. The fourth-order valence-corrected chi connectivity index (χ4v) is 4.35. The van der Waals surface area contributed by atoms with Gasteiger partial charge in [0.2, 0.25) is 0 Å². The van der Waals surface area contributed by atoms with E-state index in [1.54, 1.807) is 0 Å². The third-order valence-corrected chi connectivity index (χ3v) is 6.59. The van der Waals surface area contributed by atoms with Crippen molar-refractivity contribution in [2.24, 2.45) is 0 Å². The number of carbonyl (C=O) groups excluding carboxylic acids is 2. The molecule has 200 valence electrons. The molecule has 0 aromatic heterocycles. The van der Waals surface area contributed by atoms with E-state index < -0.39 is 10.4 Å². The predicted octanol–water partition coefficient (Wildman–Crippen LogP) is 7.24. The van der Waals surface area contributed by atoms with Crippen molar-refractivity contribution in [1.29, 1.82) is 0 Å². The Morgan fingerprint density at radius 1 is 0.606 bits per heavy atom. The van der Waals surface area contributed by atoms with Crippen LogP contribution in [0.15, 0.2) is 0 Å². The van der Waals surface area contributed by atoms with Gasteiger partial charge in [0.15, 0.2) is 0 Å². The van der Waals surface area contributed by atoms with Gasteiger partial charge in [0.25, 0.3) is 0 Å². The Bertz CT molecular complexity index is 521. The minimum absolute atomic E-state index is 0.166. The van der Waals surface area contributed by atoms with Crippen molar-refractivity contribution in [3.8, 4) is 0 Å². The Hall–Kier alpha value is -0.311. The zero-order valence-electron chi connectivity index (χ0n) is 20.8. The predicted molar refractivity (Wildman–Crippen MR) is 129 cm³/mol. The number of unbranched alkanes of at least 4 members (excludes halogenated alkanes) is 16. The van der Waals surface area contributed by atoms with Gasteiger partial charge >= 0.3 is 187 Å². The average Bonchev–Trinajstić information content (AvgIpc) is 2.76. The van der Waals surface area contributed by atoms with E-state index in [9.17, 15) is 9.59 Å². The second-order valence-corrected chi connectivity index (χ2v) is 10.9. The summed E-state index contributed by atoms with van der Waals surface area (Å²) in [6, 6.07) is 0. The van der Waals surface area contributed by atoms with Crippen molar-refractivity contribution in [3.63, 3.8) is 0 Å². The molecule has 0 fully saturated rings. The molecule has 0 bridgehead atoms. The molecule has 0 unspecified atom stereocenters. The van der Waals surface area contributed by atoms with E-state index in [-0.39, 0.29) is 24.3 Å². The molecule has 9 heteroatoms. The van der Waals surface area contributed by atoms with Crippen molar-refractivity contribution in [2.45, 2.75) is 142 Å². The molecule has 0 rings (SSSR count). The number of rotatable bonds is 23. The van der Waals surface area contributed by atoms with Crippen molar-refractivity contribution in [1.82, 2.24) is 0 Å². The summed E-state index contributed by atoms with van der Waals surface area (Å²) in [6.45, 7) is 4.50. The third kappa shape index (κ3) is 33.9. The topological polar surface area (TPSA) is 118 Å². The number of hydrogen-bond donors (Lipinski definition) is 2. The summed E-state index contributed by atoms with van der Waals surface area (Å²) < 4.78 is 28.3. The van der Waals surface area contributed by atoms with Gasteiger partial charge in [-0.05, 0) is 0 Å². The van der Waals surface area contributed by atoms with Gasteiger partial charge in [-0.25, -0.2) is 5.26 Å². The molecule has 0 aromatic carbocycles. The summed E-state index contributed by atoms with van der Waals surface area (Å²) in [7, 11) is -4.61. The third-order valence-electron chi connectivity index (χ3n) is 5.23. The zero-order chi connectivity index (χ0) is 25.2. The van der Waals surface area contributed by atoms with E-state index in [0.29, 0.717) is 12.8 Å². The van der Waals surface area contributed by atoms with Crippen molar-refractivity contribution < 1.29 is 47.1 Å². The summed E-state index contributed by atoms with van der Waals surface area (Å²) in [5.74, 6) is 0. The molecule has 0 radical (unpaired) electrons. The summed E-state index contributed by atoms with van der Waals surface area (Å²) in [5.41, 5.74) is 0. The molecular formula is C24H48FeO7S. The monoisotopic (exact) mass is 536 g/mol. The van der Waals surface area contributed by atoms with Gasteiger partial charge < -0.3 is 0 Å². The SMILES string of the molecule is CCCCCCCCCCC[C](=O)[Fe][C](=O)CCCCCCCCCCC.O=S(=O)(O)OO. The van der Waals surface area contributed by atoms with Crippen LogP contribution in [0.25, 0.3) is 0 Å². The van der Waals surface area contributed by atoms with Gasteiger partial charge in [0, 0.05) is 0 Å². The van der Waals surface area contributed by atoms with Crippen LogP contribution in [-0.4, -0.2) is 27.6 Å². The first kappa shape index (κ1) is 34.9. The van der Waals surface area contributed by atoms with Gasteiger partial charge in [-0.3, -0.25) is 4.55 Å². The van der Waals surface area contributed by atoms with Crippen LogP contribution in [0.4, 0.5) is 0 Å². The van der Waals surface area contributed by atoms with E-state index in [4.69, 9.17) is 18.2 Å². The number of hydrogen-bond acceptors (Lipinski definition) is 6. The maximum absolute atomic E-state index is 11.9. The van der Waals surface area contributed by atoms with Crippen LogP contribution >= 0.6 is 0 Å². The van der Waals surface area contributed by atoms with E-state index in [1.807, 2.05) is 0 Å². The zero-order valence-corrected chi connectivity index (χ0v) is 22.8. The minimum atomic E-state index is -4.61. The molecule has 0 spiro atoms. The van der Waals surface area contributed by atoms with Crippen LogP contribution in [0.2, 0.25) is 0 Å². The second-order valence-electron chi connectivity index (χ2n) is 8.43. The Morgan fingerprint density at radius 3 is 1.09 bits per heavy atom. The molecule has 0 aromatic rings. The molecular weight excluding hydrogens is 488 g/mol. The van der Waals surface area contributed by atoms with Gasteiger partial charge in [0.05, 0.1) is 0 Å². The van der Waals surface area contributed by atoms with Gasteiger partial charge in [-0.1, -0.05) is 4.33 Å². The van der Waals surface area contributed by atoms with Crippen LogP contribution < -0.4 is 0 Å². The molecule has 0 aliphatic rings. The Balaban J connectivity index is 0. The Kier molecular flexibility index (Phi) is 27.8. The van der Waals surface area contributed by atoms with Crippen LogP contribution in [-0.2, 0) is 39.3 Å². The standard InChI is InChI=1S/2C12H23O.Fe.H2O5S/c2*1-2-3-4-5-6-7-8-9-10-11-12-13;;1-5-6(2,3)4/h2*2-11H2,1H3;;1H,(H,2,3,4). The smallest absolute Gasteiger partial charge is 0.262 e.